The Morgan fingerprint density at radius 3 is 2.48 bits per heavy atom. The number of hydrogen-bond acceptors (Lipinski definition) is 9. The van der Waals surface area contributed by atoms with E-state index in [1.54, 1.807) is 38.8 Å². The van der Waals surface area contributed by atoms with Gasteiger partial charge >= 0.3 is 5.97 Å². The fraction of sp³-hybridized carbons (Fsp3) is 0.692. The molecule has 48 heavy (non-hydrogen) atoms. The van der Waals surface area contributed by atoms with Crippen LogP contribution in [0, 0.1) is 28.6 Å². The molecule has 1 aromatic carbocycles. The van der Waals surface area contributed by atoms with Crippen LogP contribution in [0.4, 0.5) is 0 Å². The summed E-state index contributed by atoms with van der Waals surface area (Å²) in [6.07, 6.45) is 6.05. The SMILES string of the molecule is CC=C(C)C(=O)O[C@@H]1CC2C(CC=C3CC(OC4OC(C)C(O)C(OC)C4Sc4ccccc4)CC[C@@]32C)[C@@]2(O)CCC(C(C)=O)[C@@]12C. The molecule has 1 aromatic rings. The van der Waals surface area contributed by atoms with Crippen LogP contribution in [0.25, 0.3) is 0 Å². The van der Waals surface area contributed by atoms with Crippen molar-refractivity contribution in [2.24, 2.45) is 28.6 Å². The van der Waals surface area contributed by atoms with Gasteiger partial charge in [-0.05, 0) is 102 Å². The van der Waals surface area contributed by atoms with Gasteiger partial charge in [0.1, 0.15) is 24.1 Å². The number of fused-ring (bicyclic) bond motifs is 5. The molecular weight excluding hydrogens is 628 g/mol. The Balaban J connectivity index is 1.26. The number of Topliss-reactive ketones (excluding diaryl/α,β-unsaturated/α-hetero) is 1. The van der Waals surface area contributed by atoms with E-state index in [1.165, 1.54) is 5.57 Å². The lowest BCUT2D eigenvalue weighted by atomic mass is 9.45. The van der Waals surface area contributed by atoms with Crippen molar-refractivity contribution in [2.75, 3.05) is 7.11 Å². The highest BCUT2D eigenvalue weighted by atomic mass is 32.2. The molecule has 13 atom stereocenters. The second-order valence-electron chi connectivity index (χ2n) is 15.4. The van der Waals surface area contributed by atoms with Crippen molar-refractivity contribution in [1.82, 2.24) is 0 Å². The van der Waals surface area contributed by atoms with Gasteiger partial charge in [-0.1, -0.05) is 49.8 Å². The number of carbonyl (C=O) groups excluding carboxylic acids is 2. The number of benzene rings is 1. The molecule has 1 saturated heterocycles. The van der Waals surface area contributed by atoms with E-state index in [1.807, 2.05) is 51.1 Å². The van der Waals surface area contributed by atoms with Gasteiger partial charge in [-0.3, -0.25) is 4.79 Å². The van der Waals surface area contributed by atoms with Crippen LogP contribution in [-0.2, 0) is 28.5 Å². The lowest BCUT2D eigenvalue weighted by Gasteiger charge is -2.63. The third kappa shape index (κ3) is 5.84. The van der Waals surface area contributed by atoms with E-state index >= 15 is 0 Å². The monoisotopic (exact) mass is 682 g/mol. The van der Waals surface area contributed by atoms with Crippen LogP contribution in [0.3, 0.4) is 0 Å². The fourth-order valence-electron chi connectivity index (χ4n) is 10.2. The maximum atomic E-state index is 13.2. The maximum Gasteiger partial charge on any atom is 0.333 e. The number of methoxy groups -OCH3 is 1. The van der Waals surface area contributed by atoms with Gasteiger partial charge in [-0.2, -0.15) is 0 Å². The molecule has 0 amide bonds. The summed E-state index contributed by atoms with van der Waals surface area (Å²) in [4.78, 5) is 27.3. The van der Waals surface area contributed by atoms with Gasteiger partial charge in [0.25, 0.3) is 0 Å². The average Bonchev–Trinajstić information content (AvgIpc) is 3.36. The molecule has 0 radical (unpaired) electrons. The van der Waals surface area contributed by atoms with Gasteiger partial charge in [-0.25, -0.2) is 4.79 Å². The van der Waals surface area contributed by atoms with E-state index in [4.69, 9.17) is 18.9 Å². The van der Waals surface area contributed by atoms with Gasteiger partial charge in [-0.15, -0.1) is 11.8 Å². The third-order valence-electron chi connectivity index (χ3n) is 13.2. The molecule has 5 aliphatic rings. The Bertz CT molecular complexity index is 1430. The Morgan fingerprint density at radius 2 is 1.81 bits per heavy atom. The molecule has 2 N–H and O–H groups in total. The number of rotatable bonds is 8. The summed E-state index contributed by atoms with van der Waals surface area (Å²) >= 11 is 1.61. The quantitative estimate of drug-likeness (QED) is 0.182. The predicted octanol–water partition coefficient (Wildman–Crippen LogP) is 6.42. The molecule has 4 aliphatic carbocycles. The lowest BCUT2D eigenvalue weighted by Crippen LogP contribution is -2.66. The zero-order chi connectivity index (χ0) is 34.6. The van der Waals surface area contributed by atoms with E-state index in [-0.39, 0.29) is 46.3 Å². The zero-order valence-electron chi connectivity index (χ0n) is 29.5. The highest BCUT2D eigenvalue weighted by Gasteiger charge is 2.71. The van der Waals surface area contributed by atoms with Crippen LogP contribution in [0.1, 0.15) is 86.5 Å². The van der Waals surface area contributed by atoms with Gasteiger partial charge in [0, 0.05) is 28.9 Å². The highest BCUT2D eigenvalue weighted by molar-refractivity contribution is 8.00. The summed E-state index contributed by atoms with van der Waals surface area (Å²) in [5, 5.41) is 23.4. The van der Waals surface area contributed by atoms with Crippen LogP contribution in [0.5, 0.6) is 0 Å². The third-order valence-corrected chi connectivity index (χ3v) is 14.5. The van der Waals surface area contributed by atoms with Gasteiger partial charge < -0.3 is 29.2 Å². The van der Waals surface area contributed by atoms with Crippen molar-refractivity contribution < 1.29 is 38.7 Å². The molecular formula is C39H54O8S. The first-order chi connectivity index (χ1) is 22.8. The standard InChI is InChI=1S/C39H54O8S/c1-8-22(2)35(42)47-31-21-30-29(39(43)19-17-28(23(3)40)38(31,39)6)15-14-25-20-26(16-18-37(25,30)5)46-36-34(48-27-12-10-9-11-13-27)33(44-7)32(41)24(4)45-36/h8-14,24,26,28-34,36,41,43H,15-21H2,1-7H3/t24?,26?,28?,29?,30?,31-,32?,33?,34?,36?,37+,38+,39+/m1/s1. The van der Waals surface area contributed by atoms with Crippen LogP contribution >= 0.6 is 11.8 Å². The van der Waals surface area contributed by atoms with Crippen molar-refractivity contribution in [2.45, 2.75) is 139 Å². The van der Waals surface area contributed by atoms with Crippen LogP contribution in [-0.4, -0.2) is 76.7 Å². The van der Waals surface area contributed by atoms with E-state index < -0.39 is 41.7 Å². The Kier molecular flexibility index (Phi) is 10.1. The van der Waals surface area contributed by atoms with Gasteiger partial charge in [0.2, 0.25) is 0 Å². The molecule has 6 rings (SSSR count). The second kappa shape index (κ2) is 13.6. The topological polar surface area (TPSA) is 112 Å². The minimum absolute atomic E-state index is 0.0334. The summed E-state index contributed by atoms with van der Waals surface area (Å²) in [5.41, 5.74) is -0.334. The number of aliphatic hydroxyl groups is 2. The first kappa shape index (κ1) is 35.8. The van der Waals surface area contributed by atoms with E-state index in [0.29, 0.717) is 24.8 Å². The summed E-state index contributed by atoms with van der Waals surface area (Å²) < 4.78 is 25.3. The molecule has 1 aliphatic heterocycles. The van der Waals surface area contributed by atoms with Gasteiger partial charge in [0.15, 0.2) is 6.29 Å². The second-order valence-corrected chi connectivity index (χ2v) is 16.7. The first-order valence-corrected chi connectivity index (χ1v) is 18.7. The number of aliphatic hydroxyl groups excluding tert-OH is 1. The summed E-state index contributed by atoms with van der Waals surface area (Å²) in [7, 11) is 1.63. The number of thioether (sulfide) groups is 1. The summed E-state index contributed by atoms with van der Waals surface area (Å²) in [6.45, 7) is 11.4. The van der Waals surface area contributed by atoms with Crippen LogP contribution in [0.15, 0.2) is 58.5 Å². The van der Waals surface area contributed by atoms with Crippen molar-refractivity contribution >= 4 is 23.5 Å². The number of hydrogen-bond donors (Lipinski definition) is 2. The molecule has 264 valence electrons. The van der Waals surface area contributed by atoms with Crippen LogP contribution < -0.4 is 0 Å². The maximum absolute atomic E-state index is 13.2. The number of esters is 1. The van der Waals surface area contributed by atoms with Crippen molar-refractivity contribution in [1.29, 1.82) is 0 Å². The minimum atomic E-state index is -1.12. The Morgan fingerprint density at radius 1 is 1.08 bits per heavy atom. The zero-order valence-corrected chi connectivity index (χ0v) is 30.3. The fourth-order valence-corrected chi connectivity index (χ4v) is 11.4. The Hall–Kier alpha value is -2.01. The average molecular weight is 683 g/mol. The molecule has 3 saturated carbocycles. The van der Waals surface area contributed by atoms with Crippen LogP contribution in [0.2, 0.25) is 0 Å². The molecule has 9 unspecified atom stereocenters. The normalized spacial score (nSPS) is 44.2. The number of allylic oxidation sites excluding steroid dienone is 2. The lowest BCUT2D eigenvalue weighted by molar-refractivity contribution is -0.262. The minimum Gasteiger partial charge on any atom is -0.458 e. The van der Waals surface area contributed by atoms with E-state index in [9.17, 15) is 19.8 Å². The number of ketones is 1. The Labute approximate surface area is 290 Å². The molecule has 1 heterocycles. The summed E-state index contributed by atoms with van der Waals surface area (Å²) in [5.74, 6) is -0.627. The van der Waals surface area contributed by atoms with E-state index in [0.717, 1.165) is 30.6 Å². The van der Waals surface area contributed by atoms with E-state index in [2.05, 4.69) is 13.0 Å². The number of carbonyl (C=O) groups is 2. The first-order valence-electron chi connectivity index (χ1n) is 17.8. The molecule has 0 spiro atoms. The smallest absolute Gasteiger partial charge is 0.333 e. The molecule has 4 fully saturated rings. The van der Waals surface area contributed by atoms with Crippen molar-refractivity contribution in [3.63, 3.8) is 0 Å². The largest absolute Gasteiger partial charge is 0.458 e. The molecule has 0 bridgehead atoms. The predicted molar refractivity (Wildman–Crippen MR) is 184 cm³/mol. The number of ether oxygens (including phenoxy) is 4. The summed E-state index contributed by atoms with van der Waals surface area (Å²) in [6, 6.07) is 10.1. The van der Waals surface area contributed by atoms with Crippen molar-refractivity contribution in [3.05, 3.63) is 53.6 Å². The van der Waals surface area contributed by atoms with Gasteiger partial charge in [0.05, 0.1) is 23.1 Å². The molecule has 9 heteroatoms. The highest BCUT2D eigenvalue weighted by Crippen LogP contribution is 2.68. The van der Waals surface area contributed by atoms with Crippen molar-refractivity contribution in [3.8, 4) is 0 Å². The molecule has 0 aromatic heterocycles. The molecule has 8 nitrogen and oxygen atoms in total.